The molecule has 0 aliphatic heterocycles. The number of hydrogen-bond acceptors (Lipinski definition) is 2. The van der Waals surface area contributed by atoms with Crippen molar-refractivity contribution in [2.45, 2.75) is 6.04 Å². The summed E-state index contributed by atoms with van der Waals surface area (Å²) in [7, 11) is 0. The number of hydrogen-bond donors (Lipinski definition) is 2. The largest absolute Gasteiger partial charge is 0.392 e. The van der Waals surface area contributed by atoms with Gasteiger partial charge in [-0.05, 0) is 17.7 Å². The van der Waals surface area contributed by atoms with Crippen molar-refractivity contribution in [1.29, 1.82) is 0 Å². The predicted molar refractivity (Wildman–Crippen MR) is 79.3 cm³/mol. The van der Waals surface area contributed by atoms with Crippen LogP contribution in [0.25, 0.3) is 0 Å². The lowest BCUT2D eigenvalue weighted by Gasteiger charge is -2.15. The van der Waals surface area contributed by atoms with Crippen molar-refractivity contribution in [2.24, 2.45) is 0 Å². The van der Waals surface area contributed by atoms with Crippen molar-refractivity contribution in [3.05, 3.63) is 83.9 Å². The van der Waals surface area contributed by atoms with Gasteiger partial charge in [0, 0.05) is 5.56 Å². The van der Waals surface area contributed by atoms with Crippen LogP contribution in [-0.2, 0) is 0 Å². The second-order valence-electron chi connectivity index (χ2n) is 4.34. The standard InChI is InChI=1S/C17H17NO2/c19-13-7-12-16(14-8-3-1-4-9-14)18-17(20)15-10-5-2-6-11-15/h1-12,16,19H,13H2,(H,18,20). The fourth-order valence-corrected chi connectivity index (χ4v) is 1.91. The number of carbonyl (C=O) groups is 1. The van der Waals surface area contributed by atoms with Gasteiger partial charge in [-0.1, -0.05) is 60.7 Å². The third-order valence-electron chi connectivity index (χ3n) is 2.92. The monoisotopic (exact) mass is 267 g/mol. The SMILES string of the molecule is O=C(NC(C=CCO)c1ccccc1)c1ccccc1. The third kappa shape index (κ3) is 3.80. The Bertz CT molecular complexity index is 564. The lowest BCUT2D eigenvalue weighted by atomic mass is 10.1. The highest BCUT2D eigenvalue weighted by Gasteiger charge is 2.12. The molecule has 2 rings (SSSR count). The molecule has 0 fully saturated rings. The zero-order valence-corrected chi connectivity index (χ0v) is 11.1. The van der Waals surface area contributed by atoms with Crippen LogP contribution >= 0.6 is 0 Å². The Balaban J connectivity index is 2.16. The average molecular weight is 267 g/mol. The number of carbonyl (C=O) groups excluding carboxylic acids is 1. The number of benzene rings is 2. The van der Waals surface area contributed by atoms with E-state index in [-0.39, 0.29) is 18.6 Å². The van der Waals surface area contributed by atoms with Crippen LogP contribution in [0.1, 0.15) is 22.0 Å². The lowest BCUT2D eigenvalue weighted by molar-refractivity contribution is 0.0944. The number of nitrogens with one attached hydrogen (secondary N) is 1. The van der Waals surface area contributed by atoms with E-state index >= 15 is 0 Å². The minimum absolute atomic E-state index is 0.0511. The predicted octanol–water partition coefficient (Wildman–Crippen LogP) is 2.71. The summed E-state index contributed by atoms with van der Waals surface area (Å²) in [4.78, 5) is 12.2. The van der Waals surface area contributed by atoms with Crippen LogP contribution in [0.4, 0.5) is 0 Å². The summed E-state index contributed by atoms with van der Waals surface area (Å²) >= 11 is 0. The molecule has 0 bridgehead atoms. The van der Waals surface area contributed by atoms with E-state index < -0.39 is 0 Å². The molecular weight excluding hydrogens is 250 g/mol. The summed E-state index contributed by atoms with van der Waals surface area (Å²) in [6, 6.07) is 18.5. The highest BCUT2D eigenvalue weighted by atomic mass is 16.2. The molecule has 0 spiro atoms. The van der Waals surface area contributed by atoms with Gasteiger partial charge in [0.25, 0.3) is 5.91 Å². The van der Waals surface area contributed by atoms with Gasteiger partial charge in [-0.25, -0.2) is 0 Å². The molecule has 102 valence electrons. The van der Waals surface area contributed by atoms with E-state index in [0.717, 1.165) is 5.56 Å². The first-order valence-corrected chi connectivity index (χ1v) is 6.49. The summed E-state index contributed by atoms with van der Waals surface area (Å²) in [6.45, 7) is -0.0511. The van der Waals surface area contributed by atoms with Crippen LogP contribution < -0.4 is 5.32 Å². The maximum Gasteiger partial charge on any atom is 0.252 e. The highest BCUT2D eigenvalue weighted by Crippen LogP contribution is 2.15. The van der Waals surface area contributed by atoms with Crippen LogP contribution in [0.15, 0.2) is 72.8 Å². The molecule has 20 heavy (non-hydrogen) atoms. The smallest absolute Gasteiger partial charge is 0.252 e. The van der Waals surface area contributed by atoms with Crippen molar-refractivity contribution < 1.29 is 9.90 Å². The van der Waals surface area contributed by atoms with Gasteiger partial charge in [-0.2, -0.15) is 0 Å². The molecular formula is C17H17NO2. The summed E-state index contributed by atoms with van der Waals surface area (Å²) in [5.74, 6) is -0.137. The molecule has 1 amide bonds. The van der Waals surface area contributed by atoms with Crippen LogP contribution in [0.5, 0.6) is 0 Å². The van der Waals surface area contributed by atoms with Gasteiger partial charge in [0.15, 0.2) is 0 Å². The second-order valence-corrected chi connectivity index (χ2v) is 4.34. The first-order valence-electron chi connectivity index (χ1n) is 6.49. The fraction of sp³-hybridized carbons (Fsp3) is 0.118. The normalized spacial score (nSPS) is 12.2. The Hall–Kier alpha value is -2.39. The van der Waals surface area contributed by atoms with E-state index in [1.54, 1.807) is 24.3 Å². The molecule has 3 heteroatoms. The van der Waals surface area contributed by atoms with E-state index in [2.05, 4.69) is 5.32 Å². The topological polar surface area (TPSA) is 49.3 Å². The van der Waals surface area contributed by atoms with Gasteiger partial charge < -0.3 is 10.4 Å². The van der Waals surface area contributed by atoms with Gasteiger partial charge in [0.1, 0.15) is 0 Å². The van der Waals surface area contributed by atoms with Gasteiger partial charge in [-0.3, -0.25) is 4.79 Å². The van der Waals surface area contributed by atoms with E-state index in [4.69, 9.17) is 5.11 Å². The summed E-state index contributed by atoms with van der Waals surface area (Å²) in [5.41, 5.74) is 1.59. The molecule has 0 aliphatic carbocycles. The van der Waals surface area contributed by atoms with Crippen LogP contribution in [-0.4, -0.2) is 17.6 Å². The van der Waals surface area contributed by atoms with Crippen molar-refractivity contribution in [2.75, 3.05) is 6.61 Å². The molecule has 2 aromatic carbocycles. The van der Waals surface area contributed by atoms with Gasteiger partial charge in [0.05, 0.1) is 12.6 Å². The van der Waals surface area contributed by atoms with Crippen molar-refractivity contribution in [3.8, 4) is 0 Å². The van der Waals surface area contributed by atoms with Crippen LogP contribution in [0.2, 0.25) is 0 Å². The Morgan fingerprint density at radius 1 is 1.05 bits per heavy atom. The summed E-state index contributed by atoms with van der Waals surface area (Å²) < 4.78 is 0. The quantitative estimate of drug-likeness (QED) is 0.818. The molecule has 2 N–H and O–H groups in total. The van der Waals surface area contributed by atoms with Crippen molar-refractivity contribution in [1.82, 2.24) is 5.32 Å². The minimum atomic E-state index is -0.254. The van der Waals surface area contributed by atoms with E-state index in [1.165, 1.54) is 0 Å². The van der Waals surface area contributed by atoms with Crippen LogP contribution in [0, 0.1) is 0 Å². The van der Waals surface area contributed by atoms with Gasteiger partial charge in [-0.15, -0.1) is 0 Å². The van der Waals surface area contributed by atoms with E-state index in [9.17, 15) is 4.79 Å². The Morgan fingerprint density at radius 2 is 1.65 bits per heavy atom. The molecule has 0 aliphatic rings. The molecule has 1 unspecified atom stereocenters. The van der Waals surface area contributed by atoms with Gasteiger partial charge in [0.2, 0.25) is 0 Å². The summed E-state index contributed by atoms with van der Waals surface area (Å²) in [5, 5.41) is 11.9. The zero-order valence-electron chi connectivity index (χ0n) is 11.1. The molecule has 0 radical (unpaired) electrons. The number of amides is 1. The molecule has 3 nitrogen and oxygen atoms in total. The van der Waals surface area contributed by atoms with Crippen molar-refractivity contribution >= 4 is 5.91 Å². The first kappa shape index (κ1) is 14.0. The third-order valence-corrected chi connectivity index (χ3v) is 2.92. The summed E-state index contributed by atoms with van der Waals surface area (Å²) in [6.07, 6.45) is 3.42. The molecule has 0 saturated heterocycles. The van der Waals surface area contributed by atoms with E-state index in [1.807, 2.05) is 48.5 Å². The first-order chi connectivity index (χ1) is 9.81. The molecule has 0 heterocycles. The minimum Gasteiger partial charge on any atom is -0.392 e. The fourth-order valence-electron chi connectivity index (χ4n) is 1.91. The number of aliphatic hydroxyl groups is 1. The molecule has 1 atom stereocenters. The highest BCUT2D eigenvalue weighted by molar-refractivity contribution is 5.94. The lowest BCUT2D eigenvalue weighted by Crippen LogP contribution is -2.27. The maximum atomic E-state index is 12.2. The number of aliphatic hydroxyl groups excluding tert-OH is 1. The Kier molecular flexibility index (Phi) is 5.09. The van der Waals surface area contributed by atoms with E-state index in [0.29, 0.717) is 5.56 Å². The van der Waals surface area contributed by atoms with Crippen molar-refractivity contribution in [3.63, 3.8) is 0 Å². The average Bonchev–Trinajstić information content (AvgIpc) is 2.53. The van der Waals surface area contributed by atoms with Crippen LogP contribution in [0.3, 0.4) is 0 Å². The number of rotatable bonds is 5. The Morgan fingerprint density at radius 3 is 2.25 bits per heavy atom. The molecule has 0 saturated carbocycles. The molecule has 0 aromatic heterocycles. The molecule has 2 aromatic rings. The Labute approximate surface area is 118 Å². The zero-order chi connectivity index (χ0) is 14.2. The van der Waals surface area contributed by atoms with Gasteiger partial charge >= 0.3 is 0 Å². The second kappa shape index (κ2) is 7.26. The maximum absolute atomic E-state index is 12.2.